The van der Waals surface area contributed by atoms with E-state index in [9.17, 15) is 22.8 Å². The largest absolute Gasteiger partial charge is 0.416 e. The Morgan fingerprint density at radius 3 is 2.55 bits per heavy atom. The monoisotopic (exact) mass is 607 g/mol. The van der Waals surface area contributed by atoms with Gasteiger partial charge in [0, 0.05) is 41.2 Å². The fourth-order valence-corrected chi connectivity index (χ4v) is 5.32. The number of nitrogens with one attached hydrogen (secondary N) is 4. The Labute approximate surface area is 251 Å². The van der Waals surface area contributed by atoms with Gasteiger partial charge in [-0.3, -0.25) is 15.0 Å². The van der Waals surface area contributed by atoms with Crippen molar-refractivity contribution in [3.05, 3.63) is 82.7 Å². The predicted molar refractivity (Wildman–Crippen MR) is 160 cm³/mol. The Hall–Kier alpha value is -4.78. The summed E-state index contributed by atoms with van der Waals surface area (Å²) in [6.07, 6.45) is 5.73. The molecule has 230 valence electrons. The van der Waals surface area contributed by atoms with E-state index in [2.05, 4.69) is 25.9 Å². The minimum absolute atomic E-state index is 0.00815. The lowest BCUT2D eigenvalue weighted by Crippen LogP contribution is -2.43. The van der Waals surface area contributed by atoms with Gasteiger partial charge in [0.1, 0.15) is 18.2 Å². The van der Waals surface area contributed by atoms with Crippen LogP contribution in [0, 0.1) is 5.41 Å². The topological polar surface area (TPSA) is 155 Å². The van der Waals surface area contributed by atoms with E-state index >= 15 is 0 Å². The molecule has 0 saturated heterocycles. The average Bonchev–Trinajstić information content (AvgIpc) is 2.99. The van der Waals surface area contributed by atoms with E-state index in [0.717, 1.165) is 43.2 Å². The van der Waals surface area contributed by atoms with Gasteiger partial charge in [0.15, 0.2) is 0 Å². The van der Waals surface area contributed by atoms with E-state index in [0.29, 0.717) is 36.3 Å². The highest BCUT2D eigenvalue weighted by atomic mass is 19.4. The van der Waals surface area contributed by atoms with Crippen LogP contribution in [0.1, 0.15) is 64.7 Å². The molecule has 1 fully saturated rings. The van der Waals surface area contributed by atoms with Crippen molar-refractivity contribution < 1.29 is 27.5 Å². The second-order valence-electron chi connectivity index (χ2n) is 10.7. The normalized spacial score (nSPS) is 19.1. The van der Waals surface area contributed by atoms with Crippen LogP contribution in [0.3, 0.4) is 0 Å². The van der Waals surface area contributed by atoms with Crippen LogP contribution in [0.5, 0.6) is 0 Å². The Bertz CT molecular complexity index is 1570. The van der Waals surface area contributed by atoms with Gasteiger partial charge < -0.3 is 26.4 Å². The van der Waals surface area contributed by atoms with Crippen LogP contribution in [0.4, 0.5) is 30.5 Å². The van der Waals surface area contributed by atoms with Crippen LogP contribution in [-0.4, -0.2) is 52.8 Å². The van der Waals surface area contributed by atoms with E-state index in [1.807, 2.05) is 12.2 Å². The van der Waals surface area contributed by atoms with Crippen LogP contribution in [-0.2, 0) is 15.7 Å². The highest BCUT2D eigenvalue weighted by Gasteiger charge is 2.31. The van der Waals surface area contributed by atoms with E-state index < -0.39 is 17.6 Å². The molecule has 44 heavy (non-hydrogen) atoms. The zero-order valence-electron chi connectivity index (χ0n) is 23.7. The number of benzene rings is 1. The van der Waals surface area contributed by atoms with Gasteiger partial charge in [-0.15, -0.1) is 0 Å². The smallest absolute Gasteiger partial charge is 0.383 e. The molecule has 2 atom stereocenters. The maximum Gasteiger partial charge on any atom is 0.416 e. The van der Waals surface area contributed by atoms with Crippen molar-refractivity contribution in [1.82, 2.24) is 15.3 Å². The predicted octanol–water partition coefficient (Wildman–Crippen LogP) is 5.02. The molecule has 1 aliphatic heterocycles. The molecule has 2 aliphatic rings. The van der Waals surface area contributed by atoms with Crippen molar-refractivity contribution in [3.8, 4) is 0 Å². The van der Waals surface area contributed by atoms with E-state index in [1.165, 1.54) is 12.1 Å². The summed E-state index contributed by atoms with van der Waals surface area (Å²) in [6, 6.07) is 7.66. The van der Waals surface area contributed by atoms with Crippen molar-refractivity contribution in [2.24, 2.45) is 0 Å². The number of alkyl halides is 3. The third-order valence-electron chi connectivity index (χ3n) is 7.50. The van der Waals surface area contributed by atoms with Gasteiger partial charge in [-0.1, -0.05) is 24.3 Å². The molecule has 0 spiro atoms. The van der Waals surface area contributed by atoms with Crippen LogP contribution in [0.25, 0.3) is 6.08 Å². The minimum atomic E-state index is -4.57. The van der Waals surface area contributed by atoms with Crippen LogP contribution in [0.2, 0.25) is 0 Å². The number of rotatable bonds is 4. The second-order valence-corrected chi connectivity index (χ2v) is 10.7. The summed E-state index contributed by atoms with van der Waals surface area (Å²) in [5.74, 6) is -0.877. The molecular weight excluding hydrogens is 575 g/mol. The molecule has 10 nitrogen and oxygen atoms in total. The molecular formula is C31H32F3N7O3. The summed E-state index contributed by atoms with van der Waals surface area (Å²) < 4.78 is 44.6. The molecule has 5 rings (SSSR count). The lowest BCUT2D eigenvalue weighted by molar-refractivity contribution is -0.137. The number of hydrogen-bond donors (Lipinski definition) is 5. The number of hydrogen-bond acceptors (Lipinski definition) is 8. The molecule has 2 aromatic heterocycles. The van der Waals surface area contributed by atoms with Gasteiger partial charge in [-0.2, -0.15) is 13.2 Å². The van der Waals surface area contributed by atoms with Crippen LogP contribution in [0.15, 0.2) is 54.9 Å². The highest BCUT2D eigenvalue weighted by Crippen LogP contribution is 2.33. The lowest BCUT2D eigenvalue weighted by atomic mass is 9.89. The lowest BCUT2D eigenvalue weighted by Gasteiger charge is -2.32. The molecule has 2 bridgehead atoms. The van der Waals surface area contributed by atoms with Gasteiger partial charge >= 0.3 is 6.18 Å². The second kappa shape index (κ2) is 13.2. The molecule has 3 heterocycles. The summed E-state index contributed by atoms with van der Waals surface area (Å²) in [5.41, 5.74) is 7.90. The zero-order valence-corrected chi connectivity index (χ0v) is 23.7. The van der Waals surface area contributed by atoms with Gasteiger partial charge in [-0.25, -0.2) is 9.97 Å². The number of fused-ring (bicyclic) bond motifs is 3. The minimum Gasteiger partial charge on any atom is -0.383 e. The zero-order chi connectivity index (χ0) is 31.3. The summed E-state index contributed by atoms with van der Waals surface area (Å²) in [6.45, 7) is 0.385. The van der Waals surface area contributed by atoms with Crippen molar-refractivity contribution in [1.29, 1.82) is 5.41 Å². The number of ether oxygens (including phenoxy) is 1. The molecule has 0 unspecified atom stereocenters. The van der Waals surface area contributed by atoms with E-state index in [4.69, 9.17) is 15.9 Å². The van der Waals surface area contributed by atoms with Gasteiger partial charge in [0.05, 0.1) is 29.1 Å². The van der Waals surface area contributed by atoms with Crippen molar-refractivity contribution in [2.75, 3.05) is 29.6 Å². The van der Waals surface area contributed by atoms with Gasteiger partial charge in [0.25, 0.3) is 5.91 Å². The number of anilines is 3. The quantitative estimate of drug-likeness (QED) is 0.261. The molecule has 13 heteroatoms. The van der Waals surface area contributed by atoms with Crippen molar-refractivity contribution in [3.63, 3.8) is 0 Å². The average molecular weight is 608 g/mol. The fourth-order valence-electron chi connectivity index (χ4n) is 5.32. The molecule has 1 aromatic carbocycles. The number of carbonyl (C=O) groups is 2. The number of carbonyl (C=O) groups excluding carboxylic acids is 2. The SMILES string of the molecule is N=C(c1ccc(C(=O)Nc2cc(C(F)(F)F)ccn2)cc1)c1c(N)ncc2c1N[C@@H]1CCC[C@H](C1)NC(=O)COCCC=C2. The molecule has 1 aliphatic carbocycles. The Morgan fingerprint density at radius 2 is 1.80 bits per heavy atom. The number of nitrogen functional groups attached to an aromatic ring is 1. The number of halogens is 3. The Balaban J connectivity index is 1.40. The third-order valence-corrected chi connectivity index (χ3v) is 7.50. The summed E-state index contributed by atoms with van der Waals surface area (Å²) in [4.78, 5) is 33.2. The summed E-state index contributed by atoms with van der Waals surface area (Å²) >= 11 is 0. The van der Waals surface area contributed by atoms with Crippen molar-refractivity contribution >= 4 is 40.9 Å². The van der Waals surface area contributed by atoms with E-state index in [1.54, 1.807) is 18.3 Å². The first-order valence-corrected chi connectivity index (χ1v) is 14.2. The van der Waals surface area contributed by atoms with E-state index in [-0.39, 0.29) is 47.5 Å². The first kappa shape index (κ1) is 30.7. The van der Waals surface area contributed by atoms with Crippen LogP contribution >= 0.6 is 0 Å². The van der Waals surface area contributed by atoms with Crippen LogP contribution < -0.4 is 21.7 Å². The third kappa shape index (κ3) is 7.40. The highest BCUT2D eigenvalue weighted by molar-refractivity contribution is 6.17. The molecule has 2 amide bonds. The standard InChI is InChI=1S/C31H32F3N7O3/c32-31(33,34)21-11-12-37-24(14-21)41-30(43)19-9-7-18(8-10-19)27(35)26-28-20(16-38-29(26)36)4-1-2-13-44-17-25(42)39-22-5-3-6-23(15-22)40-28/h1,4,7-12,14,16,22-23,35,40H,2-3,5-6,13,15,17H2,(H2,36,38)(H,39,42)(H,37,41,43)/t22-,23-/m1/s1. The molecule has 6 N–H and O–H groups in total. The van der Waals surface area contributed by atoms with Gasteiger partial charge in [-0.05, 0) is 56.4 Å². The number of nitrogens with zero attached hydrogens (tertiary/aromatic N) is 2. The number of pyridine rings is 2. The molecule has 3 aromatic rings. The fraction of sp³-hybridized carbons (Fsp3) is 0.323. The summed E-state index contributed by atoms with van der Waals surface area (Å²) in [5, 5.41) is 18.1. The van der Waals surface area contributed by atoms with Crippen molar-refractivity contribution in [2.45, 2.75) is 50.4 Å². The number of aromatic nitrogens is 2. The molecule has 0 radical (unpaired) electrons. The first-order chi connectivity index (χ1) is 21.1. The molecule has 1 saturated carbocycles. The number of nitrogens with two attached hydrogens (primary N) is 1. The maximum atomic E-state index is 13.0. The number of amides is 2. The Morgan fingerprint density at radius 1 is 1.07 bits per heavy atom. The van der Waals surface area contributed by atoms with Gasteiger partial charge in [0.2, 0.25) is 5.91 Å². The first-order valence-electron chi connectivity index (χ1n) is 14.2. The summed E-state index contributed by atoms with van der Waals surface area (Å²) in [7, 11) is 0. The maximum absolute atomic E-state index is 13.0. The Kier molecular flexibility index (Phi) is 9.23.